The Labute approximate surface area is 201 Å². The van der Waals surface area contributed by atoms with E-state index in [0.29, 0.717) is 16.3 Å². The lowest BCUT2D eigenvalue weighted by Gasteiger charge is -2.09. The lowest BCUT2D eigenvalue weighted by Crippen LogP contribution is -2.21. The van der Waals surface area contributed by atoms with Crippen LogP contribution in [0.2, 0.25) is 0 Å². The van der Waals surface area contributed by atoms with E-state index in [1.807, 2.05) is 6.92 Å². The van der Waals surface area contributed by atoms with Crippen LogP contribution in [-0.4, -0.2) is 26.9 Å². The molecule has 0 unspecified atom stereocenters. The van der Waals surface area contributed by atoms with Crippen molar-refractivity contribution in [2.24, 2.45) is 0 Å². The highest BCUT2D eigenvalue weighted by Gasteiger charge is 2.23. The number of thiophene rings is 1. The molecule has 0 spiro atoms. The number of hydrogen-bond acceptors (Lipinski definition) is 7. The van der Waals surface area contributed by atoms with Gasteiger partial charge in [0.25, 0.3) is 15.9 Å². The quantitative estimate of drug-likeness (QED) is 0.477. The Morgan fingerprint density at radius 2 is 1.79 bits per heavy atom. The van der Waals surface area contributed by atoms with Gasteiger partial charge in [-0.25, -0.2) is 13.2 Å². The van der Waals surface area contributed by atoms with Crippen molar-refractivity contribution in [2.45, 2.75) is 31.1 Å². The van der Waals surface area contributed by atoms with E-state index >= 15 is 0 Å². The van der Waals surface area contributed by atoms with Crippen molar-refractivity contribution in [3.8, 4) is 6.07 Å². The zero-order valence-corrected chi connectivity index (χ0v) is 19.9. The number of amides is 1. The third-order valence-electron chi connectivity index (χ3n) is 5.32. The summed E-state index contributed by atoms with van der Waals surface area (Å²) in [5.41, 5.74) is 3.01. The molecule has 8 nitrogen and oxygen atoms in total. The van der Waals surface area contributed by atoms with Gasteiger partial charge in [0.05, 0.1) is 16.0 Å². The summed E-state index contributed by atoms with van der Waals surface area (Å²) in [5, 5.41) is 12.5. The van der Waals surface area contributed by atoms with Gasteiger partial charge < -0.3 is 10.1 Å². The Morgan fingerprint density at radius 1 is 1.09 bits per heavy atom. The molecule has 2 aromatic carbocycles. The maximum atomic E-state index is 12.6. The summed E-state index contributed by atoms with van der Waals surface area (Å²) in [6.45, 7) is 1.37. The summed E-state index contributed by atoms with van der Waals surface area (Å²) in [4.78, 5) is 25.6. The van der Waals surface area contributed by atoms with Crippen molar-refractivity contribution < 1.29 is 22.7 Å². The molecule has 1 aliphatic rings. The highest BCUT2D eigenvalue weighted by molar-refractivity contribution is 7.92. The van der Waals surface area contributed by atoms with Gasteiger partial charge in [-0.2, -0.15) is 5.26 Å². The summed E-state index contributed by atoms with van der Waals surface area (Å²) >= 11 is 1.38. The molecule has 3 aromatic rings. The molecule has 4 rings (SSSR count). The predicted octanol–water partition coefficient (Wildman–Crippen LogP) is 4.01. The monoisotopic (exact) mass is 495 g/mol. The number of esters is 1. The standard InChI is InChI=1S/C24H21N3O5S2/c1-15-5-9-17(10-6-15)27-34(30,31)18-11-7-16(8-12-18)24(29)32-14-22(28)26-23-20(13-25)19-3-2-4-21(19)33-23/h5-12,27H,2-4,14H2,1H3,(H,26,28). The SMILES string of the molecule is Cc1ccc(NS(=O)(=O)c2ccc(C(=O)OCC(=O)Nc3sc4c(c3C#N)CCC4)cc2)cc1. The van der Waals surface area contributed by atoms with Crippen molar-refractivity contribution >= 4 is 43.9 Å². The van der Waals surface area contributed by atoms with Crippen molar-refractivity contribution in [1.82, 2.24) is 0 Å². The molecule has 34 heavy (non-hydrogen) atoms. The summed E-state index contributed by atoms with van der Waals surface area (Å²) in [5.74, 6) is -1.31. The lowest BCUT2D eigenvalue weighted by molar-refractivity contribution is -0.119. The molecule has 0 aliphatic heterocycles. The molecule has 0 saturated carbocycles. The molecule has 0 saturated heterocycles. The second-order valence-electron chi connectivity index (χ2n) is 7.79. The Hall–Kier alpha value is -3.68. The predicted molar refractivity (Wildman–Crippen MR) is 128 cm³/mol. The second kappa shape index (κ2) is 9.67. The molecule has 0 bridgehead atoms. The third-order valence-corrected chi connectivity index (χ3v) is 7.93. The number of ether oxygens (including phenoxy) is 1. The number of fused-ring (bicyclic) bond motifs is 1. The van der Waals surface area contributed by atoms with Crippen LogP contribution in [0.3, 0.4) is 0 Å². The minimum absolute atomic E-state index is 0.0165. The summed E-state index contributed by atoms with van der Waals surface area (Å²) < 4.78 is 32.6. The van der Waals surface area contributed by atoms with Crippen molar-refractivity contribution in [3.05, 3.63) is 75.7 Å². The lowest BCUT2D eigenvalue weighted by atomic mass is 10.1. The molecule has 0 radical (unpaired) electrons. The van der Waals surface area contributed by atoms with Gasteiger partial charge in [-0.1, -0.05) is 17.7 Å². The molecule has 0 fully saturated rings. The van der Waals surface area contributed by atoms with Crippen LogP contribution in [0.1, 0.15) is 38.3 Å². The van der Waals surface area contributed by atoms with Gasteiger partial charge in [0, 0.05) is 10.6 Å². The van der Waals surface area contributed by atoms with Crippen molar-refractivity contribution in [2.75, 3.05) is 16.6 Å². The smallest absolute Gasteiger partial charge is 0.338 e. The van der Waals surface area contributed by atoms with Gasteiger partial charge in [-0.15, -0.1) is 11.3 Å². The largest absolute Gasteiger partial charge is 0.452 e. The van der Waals surface area contributed by atoms with E-state index in [1.54, 1.807) is 24.3 Å². The van der Waals surface area contributed by atoms with Crippen molar-refractivity contribution in [1.29, 1.82) is 5.26 Å². The molecule has 2 N–H and O–H groups in total. The number of aryl methyl sites for hydroxylation is 2. The van der Waals surface area contributed by atoms with Gasteiger partial charge in [0.2, 0.25) is 0 Å². The second-order valence-corrected chi connectivity index (χ2v) is 10.6. The van der Waals surface area contributed by atoms with E-state index in [4.69, 9.17) is 4.74 Å². The van der Waals surface area contributed by atoms with Gasteiger partial charge in [0.15, 0.2) is 6.61 Å². The van der Waals surface area contributed by atoms with Crippen molar-refractivity contribution in [3.63, 3.8) is 0 Å². The van der Waals surface area contributed by atoms with Crippen LogP contribution in [0.5, 0.6) is 0 Å². The maximum Gasteiger partial charge on any atom is 0.338 e. The Kier molecular flexibility index (Phi) is 6.68. The van der Waals surface area contributed by atoms with Crippen LogP contribution < -0.4 is 10.0 Å². The number of sulfonamides is 1. The minimum atomic E-state index is -3.83. The Morgan fingerprint density at radius 3 is 2.47 bits per heavy atom. The first-order valence-electron chi connectivity index (χ1n) is 10.5. The molecule has 1 amide bonds. The van der Waals surface area contributed by atoms with E-state index in [0.717, 1.165) is 35.3 Å². The van der Waals surface area contributed by atoms with E-state index in [1.165, 1.54) is 35.6 Å². The first kappa shape index (κ1) is 23.5. The van der Waals surface area contributed by atoms with E-state index in [2.05, 4.69) is 16.1 Å². The number of rotatable bonds is 7. The third kappa shape index (κ3) is 5.11. The van der Waals surface area contributed by atoms with Crippen LogP contribution in [0.25, 0.3) is 0 Å². The highest BCUT2D eigenvalue weighted by Crippen LogP contribution is 2.38. The fraction of sp³-hybridized carbons (Fsp3) is 0.208. The first-order chi connectivity index (χ1) is 16.3. The van der Waals surface area contributed by atoms with Gasteiger partial charge in [-0.3, -0.25) is 9.52 Å². The van der Waals surface area contributed by atoms with E-state index in [-0.39, 0.29) is 10.5 Å². The summed E-state index contributed by atoms with van der Waals surface area (Å²) in [6.07, 6.45) is 2.72. The summed E-state index contributed by atoms with van der Waals surface area (Å²) in [6, 6.07) is 14.3. The number of carbonyl (C=O) groups excluding carboxylic acids is 2. The molecule has 1 heterocycles. The molecule has 10 heteroatoms. The Bertz CT molecular complexity index is 1390. The average Bonchev–Trinajstić information content (AvgIpc) is 3.39. The van der Waals surface area contributed by atoms with Crippen LogP contribution in [0.15, 0.2) is 53.4 Å². The van der Waals surface area contributed by atoms with E-state index in [9.17, 15) is 23.3 Å². The maximum absolute atomic E-state index is 12.6. The molecule has 1 aliphatic carbocycles. The fourth-order valence-electron chi connectivity index (χ4n) is 3.59. The minimum Gasteiger partial charge on any atom is -0.452 e. The number of anilines is 2. The molecule has 1 aromatic heterocycles. The average molecular weight is 496 g/mol. The zero-order chi connectivity index (χ0) is 24.3. The molecular weight excluding hydrogens is 474 g/mol. The molecule has 174 valence electrons. The van der Waals surface area contributed by atoms with E-state index < -0.39 is 28.5 Å². The van der Waals surface area contributed by atoms with Crippen LogP contribution in [0.4, 0.5) is 10.7 Å². The molecule has 0 atom stereocenters. The highest BCUT2D eigenvalue weighted by atomic mass is 32.2. The normalized spacial score (nSPS) is 12.5. The Balaban J connectivity index is 1.34. The number of benzene rings is 2. The number of carbonyl (C=O) groups is 2. The number of nitriles is 1. The fourth-order valence-corrected chi connectivity index (χ4v) is 5.91. The van der Waals surface area contributed by atoms with Gasteiger partial charge in [0.1, 0.15) is 11.1 Å². The van der Waals surface area contributed by atoms with Crippen LogP contribution in [-0.2, 0) is 32.4 Å². The van der Waals surface area contributed by atoms with Crippen LogP contribution >= 0.6 is 11.3 Å². The summed E-state index contributed by atoms with van der Waals surface area (Å²) in [7, 11) is -3.83. The molecular formula is C24H21N3O5S2. The first-order valence-corrected chi connectivity index (χ1v) is 12.8. The van der Waals surface area contributed by atoms with Gasteiger partial charge in [-0.05, 0) is 68.1 Å². The van der Waals surface area contributed by atoms with Gasteiger partial charge >= 0.3 is 5.97 Å². The number of hydrogen-bond donors (Lipinski definition) is 2. The van der Waals surface area contributed by atoms with Crippen LogP contribution in [0, 0.1) is 18.3 Å². The number of nitrogens with zero attached hydrogens (tertiary/aromatic N) is 1. The number of nitrogens with one attached hydrogen (secondary N) is 2. The zero-order valence-electron chi connectivity index (χ0n) is 18.3. The topological polar surface area (TPSA) is 125 Å².